The molecule has 2 heterocycles. The van der Waals surface area contributed by atoms with Crippen molar-refractivity contribution in [2.24, 2.45) is 11.0 Å². The number of carbonyl (C=O) groups is 2. The molecule has 1 aromatic rings. The zero-order chi connectivity index (χ0) is 26.2. The van der Waals surface area contributed by atoms with Gasteiger partial charge in [-0.1, -0.05) is 16.8 Å². The molecule has 2 aliphatic heterocycles. The van der Waals surface area contributed by atoms with E-state index in [1.54, 1.807) is 33.8 Å². The Morgan fingerprint density at radius 1 is 1.33 bits per heavy atom. The van der Waals surface area contributed by atoms with Gasteiger partial charge < -0.3 is 15.3 Å². The monoisotopic (exact) mass is 502 g/mol. The first-order valence-corrected chi connectivity index (χ1v) is 11.7. The van der Waals surface area contributed by atoms with Gasteiger partial charge in [0.1, 0.15) is 5.71 Å². The number of hydrogen-bond acceptors (Lipinski definition) is 5. The second-order valence-corrected chi connectivity index (χ2v) is 9.48. The molecule has 0 aromatic heterocycles. The molecule has 36 heavy (non-hydrogen) atoms. The number of benzene rings is 1. The lowest BCUT2D eigenvalue weighted by Gasteiger charge is -2.32. The number of rotatable bonds is 5. The fraction of sp³-hybridized carbons (Fsp3) is 0.480. The Hall–Kier alpha value is -3.52. The topological polar surface area (TPSA) is 109 Å². The lowest BCUT2D eigenvalue weighted by Crippen LogP contribution is -2.50. The van der Waals surface area contributed by atoms with Crippen molar-refractivity contribution >= 4 is 23.2 Å². The molecule has 0 saturated heterocycles. The molecule has 0 fully saturated rings. The number of alkyl halides is 3. The summed E-state index contributed by atoms with van der Waals surface area (Å²) in [4.78, 5) is 26.4. The highest BCUT2D eigenvalue weighted by atomic mass is 19.4. The Balaban J connectivity index is 1.58. The number of nitrogens with zero attached hydrogens (tertiary/aromatic N) is 4. The van der Waals surface area contributed by atoms with E-state index in [-0.39, 0.29) is 42.5 Å². The number of aliphatic hydroxyl groups is 1. The highest BCUT2D eigenvalue weighted by molar-refractivity contribution is 6.42. The van der Waals surface area contributed by atoms with Gasteiger partial charge in [-0.25, -0.2) is 0 Å². The van der Waals surface area contributed by atoms with Crippen molar-refractivity contribution in [3.63, 3.8) is 0 Å². The number of carbonyl (C=O) groups excluding carboxylic acids is 2. The van der Waals surface area contributed by atoms with Crippen LogP contribution < -0.4 is 5.32 Å². The second kappa shape index (κ2) is 9.85. The highest BCUT2D eigenvalue weighted by Gasteiger charge is 2.49. The van der Waals surface area contributed by atoms with Crippen molar-refractivity contribution in [3.05, 3.63) is 46.5 Å². The number of halogens is 3. The zero-order valence-electron chi connectivity index (χ0n) is 20.0. The van der Waals surface area contributed by atoms with Gasteiger partial charge in [-0.3, -0.25) is 9.59 Å². The van der Waals surface area contributed by atoms with Crippen LogP contribution in [-0.4, -0.2) is 69.3 Å². The molecule has 190 valence electrons. The Morgan fingerprint density at radius 2 is 2.03 bits per heavy atom. The smallest absolute Gasteiger partial charge is 0.388 e. The third-order valence-electron chi connectivity index (χ3n) is 6.77. The van der Waals surface area contributed by atoms with Crippen LogP contribution >= 0.6 is 0 Å². The summed E-state index contributed by atoms with van der Waals surface area (Å²) in [7, 11) is 0. The first kappa shape index (κ1) is 25.6. The fourth-order valence-corrected chi connectivity index (χ4v) is 5.01. The van der Waals surface area contributed by atoms with Crippen molar-refractivity contribution in [1.82, 2.24) is 10.2 Å². The van der Waals surface area contributed by atoms with Crippen LogP contribution in [0.5, 0.6) is 0 Å². The molecule has 0 bridgehead atoms. The number of nitriles is 1. The van der Waals surface area contributed by atoms with Crippen LogP contribution in [0.3, 0.4) is 0 Å². The van der Waals surface area contributed by atoms with Gasteiger partial charge in [0.25, 0.3) is 5.71 Å². The largest absolute Gasteiger partial charge is 0.392 e. The molecule has 11 heteroatoms. The standard InChI is InChI=1S/C25H26F3N5O3/c1-14-12-32(13-17-5-3-16(10-29)4-6-17)24(36)21-9-20(31-33(14)21)23-18(11-30-15(2)34)7-19(8-22(23)35)25(26,27)28/h3-6,14,19,22,35H,7-9,11-13H2,1-2H3/p+1/t14-,19?,22?/m0/s1. The fourth-order valence-electron chi connectivity index (χ4n) is 5.01. The number of aliphatic hydroxyl groups excluding tert-OH is 1. The number of nitrogens with one attached hydrogen (secondary N) is 1. The van der Waals surface area contributed by atoms with E-state index >= 15 is 0 Å². The summed E-state index contributed by atoms with van der Waals surface area (Å²) in [6.07, 6.45) is -6.65. The van der Waals surface area contributed by atoms with E-state index < -0.39 is 30.5 Å². The SMILES string of the molecule is CC(=O)NCC1=C(C2=N[N+]3=C(C2)C(=O)N(Cc2ccc(C#N)cc2)C[C@@H]3C)C(O)CC(C(F)(F)F)C1. The maximum Gasteiger partial charge on any atom is 0.392 e. The van der Waals surface area contributed by atoms with E-state index in [0.29, 0.717) is 30.1 Å². The molecule has 4 rings (SSSR count). The Bertz CT molecular complexity index is 1210. The second-order valence-electron chi connectivity index (χ2n) is 9.48. The Morgan fingerprint density at radius 3 is 2.64 bits per heavy atom. The molecule has 1 aliphatic carbocycles. The van der Waals surface area contributed by atoms with Crippen LogP contribution in [0.4, 0.5) is 13.2 Å². The van der Waals surface area contributed by atoms with Gasteiger partial charge in [-0.15, -0.1) is 0 Å². The van der Waals surface area contributed by atoms with E-state index in [9.17, 15) is 27.9 Å². The molecule has 0 saturated carbocycles. The van der Waals surface area contributed by atoms with Gasteiger partial charge >= 0.3 is 12.1 Å². The number of amides is 2. The Kier molecular flexibility index (Phi) is 7.00. The average molecular weight is 503 g/mol. The van der Waals surface area contributed by atoms with E-state index in [1.165, 1.54) is 6.92 Å². The maximum absolute atomic E-state index is 13.5. The minimum atomic E-state index is -4.48. The molecule has 2 N–H and O–H groups in total. The highest BCUT2D eigenvalue weighted by Crippen LogP contribution is 2.41. The van der Waals surface area contributed by atoms with Crippen molar-refractivity contribution in [3.8, 4) is 6.07 Å². The van der Waals surface area contributed by atoms with Crippen LogP contribution in [0.25, 0.3) is 0 Å². The van der Waals surface area contributed by atoms with E-state index in [2.05, 4.69) is 16.5 Å². The number of hydrazone groups is 1. The predicted molar refractivity (Wildman–Crippen MR) is 124 cm³/mol. The molecular weight excluding hydrogens is 475 g/mol. The first-order chi connectivity index (χ1) is 17.0. The summed E-state index contributed by atoms with van der Waals surface area (Å²) in [6, 6.07) is 8.82. The summed E-state index contributed by atoms with van der Waals surface area (Å²) in [5.74, 6) is -2.35. The van der Waals surface area contributed by atoms with Crippen LogP contribution in [0.2, 0.25) is 0 Å². The normalized spacial score (nSPS) is 24.5. The van der Waals surface area contributed by atoms with Gasteiger partial charge in [-0.05, 0) is 41.2 Å². The van der Waals surface area contributed by atoms with E-state index in [0.717, 1.165) is 5.56 Å². The molecule has 3 aliphatic rings. The summed E-state index contributed by atoms with van der Waals surface area (Å²) in [5, 5.41) is 26.8. The summed E-state index contributed by atoms with van der Waals surface area (Å²) in [5.41, 5.74) is 2.70. The first-order valence-electron chi connectivity index (χ1n) is 11.7. The van der Waals surface area contributed by atoms with E-state index in [4.69, 9.17) is 5.26 Å². The van der Waals surface area contributed by atoms with Gasteiger partial charge in [0.15, 0.2) is 6.04 Å². The minimum absolute atomic E-state index is 0.0830. The molecule has 2 unspecified atom stereocenters. The lowest BCUT2D eigenvalue weighted by molar-refractivity contribution is -0.567. The van der Waals surface area contributed by atoms with Crippen molar-refractivity contribution in [2.45, 2.75) is 58.0 Å². The third kappa shape index (κ3) is 5.18. The van der Waals surface area contributed by atoms with Crippen LogP contribution in [0.1, 0.15) is 44.2 Å². The summed E-state index contributed by atoms with van der Waals surface area (Å²) >= 11 is 0. The molecule has 2 amide bonds. The van der Waals surface area contributed by atoms with Crippen molar-refractivity contribution in [1.29, 1.82) is 5.26 Å². The van der Waals surface area contributed by atoms with Gasteiger partial charge in [0.05, 0.1) is 36.6 Å². The molecule has 8 nitrogen and oxygen atoms in total. The third-order valence-corrected chi connectivity index (χ3v) is 6.77. The molecule has 0 radical (unpaired) electrons. The molecule has 0 spiro atoms. The summed E-state index contributed by atoms with van der Waals surface area (Å²) in [6.45, 7) is 3.77. The Labute approximate surface area is 206 Å². The number of hydrogen-bond donors (Lipinski definition) is 2. The van der Waals surface area contributed by atoms with Crippen molar-refractivity contribution in [2.75, 3.05) is 13.1 Å². The van der Waals surface area contributed by atoms with Crippen LogP contribution in [0, 0.1) is 17.2 Å². The van der Waals surface area contributed by atoms with Crippen LogP contribution in [0.15, 0.2) is 40.5 Å². The molecule has 1 aromatic carbocycles. The quantitative estimate of drug-likeness (QED) is 0.602. The molecular formula is C25H27F3N5O3+. The average Bonchev–Trinajstić information content (AvgIpc) is 3.26. The summed E-state index contributed by atoms with van der Waals surface area (Å²) < 4.78 is 42.0. The van der Waals surface area contributed by atoms with Crippen molar-refractivity contribution < 1.29 is 32.6 Å². The predicted octanol–water partition coefficient (Wildman–Crippen LogP) is 2.27. The maximum atomic E-state index is 13.5. The zero-order valence-corrected chi connectivity index (χ0v) is 20.0. The van der Waals surface area contributed by atoms with Gasteiger partial charge in [0, 0.05) is 32.5 Å². The van der Waals surface area contributed by atoms with Gasteiger partial charge in [0.2, 0.25) is 5.91 Å². The molecule has 3 atom stereocenters. The minimum Gasteiger partial charge on any atom is -0.388 e. The lowest BCUT2D eigenvalue weighted by atomic mass is 9.79. The van der Waals surface area contributed by atoms with Crippen LogP contribution in [-0.2, 0) is 16.1 Å². The van der Waals surface area contributed by atoms with Gasteiger partial charge in [-0.2, -0.15) is 18.4 Å². The van der Waals surface area contributed by atoms with E-state index in [1.807, 2.05) is 6.92 Å².